The zero-order valence-electron chi connectivity index (χ0n) is 20.8. The van der Waals surface area contributed by atoms with Crippen molar-refractivity contribution in [3.63, 3.8) is 0 Å². The second kappa shape index (κ2) is 10.5. The van der Waals surface area contributed by atoms with Gasteiger partial charge in [-0.3, -0.25) is 9.59 Å². The fourth-order valence-corrected chi connectivity index (χ4v) is 3.56. The van der Waals surface area contributed by atoms with Gasteiger partial charge in [0.1, 0.15) is 18.1 Å². The van der Waals surface area contributed by atoms with E-state index in [2.05, 4.69) is 26.1 Å². The van der Waals surface area contributed by atoms with Crippen molar-refractivity contribution in [3.8, 4) is 11.4 Å². The number of nitrogens with one attached hydrogen (secondary N) is 1. The lowest BCUT2D eigenvalue weighted by molar-refractivity contribution is -0.117. The highest BCUT2D eigenvalue weighted by Gasteiger charge is 2.24. The average molecular weight is 463 g/mol. The van der Waals surface area contributed by atoms with Crippen LogP contribution in [0, 0.1) is 5.92 Å². The van der Waals surface area contributed by atoms with Crippen molar-refractivity contribution in [2.24, 2.45) is 5.92 Å². The maximum Gasteiger partial charge on any atom is 0.254 e. The van der Waals surface area contributed by atoms with Crippen LogP contribution in [-0.4, -0.2) is 46.7 Å². The molecule has 3 aromatic rings. The summed E-state index contributed by atoms with van der Waals surface area (Å²) in [5.41, 5.74) is 2.00. The van der Waals surface area contributed by atoms with Gasteiger partial charge >= 0.3 is 0 Å². The van der Waals surface area contributed by atoms with Crippen LogP contribution in [0.2, 0.25) is 0 Å². The molecule has 1 heterocycles. The molecule has 0 saturated heterocycles. The van der Waals surface area contributed by atoms with Crippen LogP contribution in [0.1, 0.15) is 50.7 Å². The van der Waals surface area contributed by atoms with Crippen molar-refractivity contribution in [1.82, 2.24) is 14.7 Å². The van der Waals surface area contributed by atoms with Crippen LogP contribution >= 0.6 is 0 Å². The first-order chi connectivity index (χ1) is 16.1. The lowest BCUT2D eigenvalue weighted by Gasteiger charge is -2.24. The molecular weight excluding hydrogens is 428 g/mol. The molecule has 0 spiro atoms. The van der Waals surface area contributed by atoms with E-state index < -0.39 is 0 Å². The highest BCUT2D eigenvalue weighted by Crippen LogP contribution is 2.26. The molecule has 2 aromatic carbocycles. The number of hydrogen-bond acceptors (Lipinski definition) is 4. The Morgan fingerprint density at radius 2 is 1.76 bits per heavy atom. The van der Waals surface area contributed by atoms with Crippen LogP contribution in [0.3, 0.4) is 0 Å². The molecule has 0 radical (unpaired) electrons. The third-order valence-corrected chi connectivity index (χ3v) is 5.27. The van der Waals surface area contributed by atoms with Crippen LogP contribution in [-0.2, 0) is 10.2 Å². The number of rotatable bonds is 8. The lowest BCUT2D eigenvalue weighted by atomic mass is 9.92. The number of nitrogens with zero attached hydrogens (tertiary/aromatic N) is 3. The highest BCUT2D eigenvalue weighted by atomic mass is 16.5. The number of aromatic nitrogens is 2. The first-order valence-electron chi connectivity index (χ1n) is 11.5. The van der Waals surface area contributed by atoms with Crippen molar-refractivity contribution in [2.45, 2.75) is 40.0 Å². The maximum absolute atomic E-state index is 13.2. The van der Waals surface area contributed by atoms with E-state index in [4.69, 9.17) is 9.84 Å². The topological polar surface area (TPSA) is 76.5 Å². The summed E-state index contributed by atoms with van der Waals surface area (Å²) in [6, 6.07) is 18.5. The Bertz CT molecular complexity index is 1130. The Hall–Kier alpha value is -3.61. The molecule has 0 aliphatic rings. The normalized spacial score (nSPS) is 11.4. The van der Waals surface area contributed by atoms with Crippen LogP contribution < -0.4 is 10.1 Å². The third-order valence-electron chi connectivity index (χ3n) is 5.27. The van der Waals surface area contributed by atoms with Gasteiger partial charge in [0.2, 0.25) is 5.91 Å². The Kier molecular flexibility index (Phi) is 7.76. The molecule has 34 heavy (non-hydrogen) atoms. The minimum absolute atomic E-state index is 0.0704. The van der Waals surface area contributed by atoms with Crippen LogP contribution in [0.4, 0.5) is 5.82 Å². The van der Waals surface area contributed by atoms with Gasteiger partial charge in [0, 0.05) is 23.6 Å². The van der Waals surface area contributed by atoms with E-state index in [0.29, 0.717) is 23.7 Å². The average Bonchev–Trinajstić information content (AvgIpc) is 3.22. The standard InChI is InChI=1S/C27H34N4O3/c1-19(2)17-30(26(33)20-11-10-14-22(15-20)34-6)18-25(32)28-24-16-23(27(3,4)5)29-31(24)21-12-8-7-9-13-21/h7-16,19H,17-18H2,1-6H3,(H,28,32). The quantitative estimate of drug-likeness (QED) is 0.516. The van der Waals surface area contributed by atoms with Crippen LogP contribution in [0.25, 0.3) is 5.69 Å². The molecule has 0 fully saturated rings. The second-order valence-electron chi connectivity index (χ2n) is 9.77. The minimum Gasteiger partial charge on any atom is -0.497 e. The van der Waals surface area contributed by atoms with Crippen molar-refractivity contribution in [3.05, 3.63) is 71.9 Å². The minimum atomic E-state index is -0.283. The number of ether oxygens (including phenoxy) is 1. The summed E-state index contributed by atoms with van der Waals surface area (Å²) in [6.45, 7) is 10.6. The predicted molar refractivity (Wildman–Crippen MR) is 135 cm³/mol. The Balaban J connectivity index is 1.85. The molecule has 1 aromatic heterocycles. The monoisotopic (exact) mass is 462 g/mol. The van der Waals surface area contributed by atoms with Gasteiger partial charge in [-0.25, -0.2) is 4.68 Å². The molecule has 180 valence electrons. The maximum atomic E-state index is 13.2. The molecule has 0 unspecified atom stereocenters. The lowest BCUT2D eigenvalue weighted by Crippen LogP contribution is -2.40. The van der Waals surface area contributed by atoms with Crippen molar-refractivity contribution in [2.75, 3.05) is 25.5 Å². The Morgan fingerprint density at radius 1 is 1.06 bits per heavy atom. The SMILES string of the molecule is COc1cccc(C(=O)N(CC(=O)Nc2cc(C(C)(C)C)nn2-c2ccccc2)CC(C)C)c1. The van der Waals surface area contributed by atoms with Crippen LogP contribution in [0.5, 0.6) is 5.75 Å². The fraction of sp³-hybridized carbons (Fsp3) is 0.370. The van der Waals surface area contributed by atoms with E-state index in [-0.39, 0.29) is 29.7 Å². The number of carbonyl (C=O) groups is 2. The van der Waals surface area contributed by atoms with E-state index in [1.54, 1.807) is 41.0 Å². The molecule has 2 amide bonds. The summed E-state index contributed by atoms with van der Waals surface area (Å²) >= 11 is 0. The Labute approximate surface area is 201 Å². The van der Waals surface area contributed by atoms with Crippen molar-refractivity contribution < 1.29 is 14.3 Å². The Morgan fingerprint density at radius 3 is 2.38 bits per heavy atom. The second-order valence-corrected chi connectivity index (χ2v) is 9.77. The van der Waals surface area contributed by atoms with E-state index in [0.717, 1.165) is 11.4 Å². The summed E-state index contributed by atoms with van der Waals surface area (Å²) < 4.78 is 6.98. The van der Waals surface area contributed by atoms with Crippen LogP contribution in [0.15, 0.2) is 60.7 Å². The van der Waals surface area contributed by atoms with E-state index >= 15 is 0 Å². The van der Waals surface area contributed by atoms with Gasteiger partial charge in [0.15, 0.2) is 0 Å². The molecular formula is C27H34N4O3. The van der Waals surface area contributed by atoms with Gasteiger partial charge < -0.3 is 15.0 Å². The molecule has 0 saturated carbocycles. The number of para-hydroxylation sites is 1. The molecule has 3 rings (SSSR count). The predicted octanol–water partition coefficient (Wildman–Crippen LogP) is 4.92. The number of amides is 2. The summed E-state index contributed by atoms with van der Waals surface area (Å²) in [5.74, 6) is 0.870. The summed E-state index contributed by atoms with van der Waals surface area (Å²) in [7, 11) is 1.56. The highest BCUT2D eigenvalue weighted by molar-refractivity contribution is 5.99. The number of anilines is 1. The van der Waals surface area contributed by atoms with E-state index in [9.17, 15) is 9.59 Å². The van der Waals surface area contributed by atoms with Crippen molar-refractivity contribution >= 4 is 17.6 Å². The summed E-state index contributed by atoms with van der Waals surface area (Å²) in [6.07, 6.45) is 0. The summed E-state index contributed by atoms with van der Waals surface area (Å²) in [4.78, 5) is 27.9. The first-order valence-corrected chi connectivity index (χ1v) is 11.5. The number of carbonyl (C=O) groups excluding carboxylic acids is 2. The fourth-order valence-electron chi connectivity index (χ4n) is 3.56. The van der Waals surface area contributed by atoms with E-state index in [1.807, 2.05) is 50.2 Å². The van der Waals surface area contributed by atoms with Gasteiger partial charge in [-0.1, -0.05) is 58.9 Å². The largest absolute Gasteiger partial charge is 0.497 e. The zero-order chi connectivity index (χ0) is 24.9. The molecule has 7 heteroatoms. The number of methoxy groups -OCH3 is 1. The van der Waals surface area contributed by atoms with Gasteiger partial charge in [-0.15, -0.1) is 0 Å². The number of hydrogen-bond donors (Lipinski definition) is 1. The molecule has 0 aliphatic carbocycles. The molecule has 0 bridgehead atoms. The molecule has 1 N–H and O–H groups in total. The smallest absolute Gasteiger partial charge is 0.254 e. The molecule has 0 aliphatic heterocycles. The third kappa shape index (κ3) is 6.25. The molecule has 7 nitrogen and oxygen atoms in total. The van der Waals surface area contributed by atoms with Gasteiger partial charge in [0.25, 0.3) is 5.91 Å². The van der Waals surface area contributed by atoms with Gasteiger partial charge in [0.05, 0.1) is 18.5 Å². The first kappa shape index (κ1) is 25.0. The van der Waals surface area contributed by atoms with Gasteiger partial charge in [-0.05, 0) is 36.2 Å². The van der Waals surface area contributed by atoms with E-state index in [1.165, 1.54) is 0 Å². The summed E-state index contributed by atoms with van der Waals surface area (Å²) in [5, 5.41) is 7.72. The van der Waals surface area contributed by atoms with Gasteiger partial charge in [-0.2, -0.15) is 5.10 Å². The molecule has 0 atom stereocenters. The number of benzene rings is 2. The van der Waals surface area contributed by atoms with Crippen molar-refractivity contribution in [1.29, 1.82) is 0 Å². The zero-order valence-corrected chi connectivity index (χ0v) is 20.8.